The van der Waals surface area contributed by atoms with Crippen molar-refractivity contribution in [3.63, 3.8) is 0 Å². The number of rotatable bonds is 2. The Morgan fingerprint density at radius 2 is 2.05 bits per heavy atom. The molecule has 0 bridgehead atoms. The van der Waals surface area contributed by atoms with Gasteiger partial charge in [-0.15, -0.1) is 24.8 Å². The van der Waals surface area contributed by atoms with Crippen LogP contribution < -0.4 is 5.32 Å². The molecule has 2 aliphatic rings. The lowest BCUT2D eigenvalue weighted by atomic mass is 9.93. The third-order valence-corrected chi connectivity index (χ3v) is 4.46. The van der Waals surface area contributed by atoms with E-state index >= 15 is 0 Å². The van der Waals surface area contributed by atoms with Crippen molar-refractivity contribution in [2.75, 3.05) is 19.6 Å². The van der Waals surface area contributed by atoms with E-state index in [4.69, 9.17) is 0 Å². The molecule has 1 amide bonds. The van der Waals surface area contributed by atoms with Crippen LogP contribution in [0.1, 0.15) is 30.9 Å². The molecule has 0 unspecified atom stereocenters. The van der Waals surface area contributed by atoms with Crippen LogP contribution in [-0.2, 0) is 11.8 Å². The van der Waals surface area contributed by atoms with Crippen molar-refractivity contribution >= 4 is 30.7 Å². The standard InChI is InChI=1S/C14H21FN4O.2ClH/c1-18-13(2-5-17-18)10-3-6-19(7-4-10)14(20)12-8-11(15)9-16-12;;/h2,5,10-12,16H,3-4,6-9H2,1H3;2*1H/t11-,12+;;/m0../s1. The lowest BCUT2D eigenvalue weighted by Crippen LogP contribution is -2.46. The summed E-state index contributed by atoms with van der Waals surface area (Å²) in [4.78, 5) is 14.2. The minimum Gasteiger partial charge on any atom is -0.341 e. The van der Waals surface area contributed by atoms with E-state index in [1.807, 2.05) is 28.9 Å². The zero-order valence-electron chi connectivity index (χ0n) is 12.6. The van der Waals surface area contributed by atoms with Crippen LogP contribution in [0.15, 0.2) is 12.3 Å². The van der Waals surface area contributed by atoms with Crippen molar-refractivity contribution < 1.29 is 9.18 Å². The summed E-state index contributed by atoms with van der Waals surface area (Å²) in [5.41, 5.74) is 1.24. The molecule has 1 aromatic heterocycles. The van der Waals surface area contributed by atoms with Crippen molar-refractivity contribution in [3.05, 3.63) is 18.0 Å². The summed E-state index contributed by atoms with van der Waals surface area (Å²) < 4.78 is 15.1. The molecule has 1 aromatic rings. The summed E-state index contributed by atoms with van der Waals surface area (Å²) in [6.45, 7) is 1.81. The first-order valence-electron chi connectivity index (χ1n) is 7.29. The number of carbonyl (C=O) groups excluding carboxylic acids is 1. The van der Waals surface area contributed by atoms with Crippen LogP contribution in [0.25, 0.3) is 0 Å². The molecule has 5 nitrogen and oxygen atoms in total. The van der Waals surface area contributed by atoms with Crippen LogP contribution in [0.3, 0.4) is 0 Å². The Balaban J connectivity index is 0.00000121. The van der Waals surface area contributed by atoms with Gasteiger partial charge in [0.15, 0.2) is 0 Å². The molecule has 2 fully saturated rings. The van der Waals surface area contributed by atoms with Crippen molar-refractivity contribution in [1.82, 2.24) is 20.0 Å². The number of piperidine rings is 1. The Morgan fingerprint density at radius 1 is 1.36 bits per heavy atom. The van der Waals surface area contributed by atoms with Crippen molar-refractivity contribution in [2.45, 2.75) is 37.4 Å². The Hall–Kier alpha value is -0.850. The van der Waals surface area contributed by atoms with Crippen LogP contribution in [0.5, 0.6) is 0 Å². The van der Waals surface area contributed by atoms with Gasteiger partial charge < -0.3 is 10.2 Å². The van der Waals surface area contributed by atoms with E-state index in [0.29, 0.717) is 18.9 Å². The number of carbonyl (C=O) groups is 1. The molecule has 0 aliphatic carbocycles. The fourth-order valence-electron chi connectivity index (χ4n) is 3.28. The minimum absolute atomic E-state index is 0. The van der Waals surface area contributed by atoms with Crippen LogP contribution >= 0.6 is 24.8 Å². The minimum atomic E-state index is -0.879. The smallest absolute Gasteiger partial charge is 0.239 e. The fraction of sp³-hybridized carbons (Fsp3) is 0.714. The molecule has 22 heavy (non-hydrogen) atoms. The van der Waals surface area contributed by atoms with Gasteiger partial charge in [0.05, 0.1) is 6.04 Å². The maximum atomic E-state index is 13.2. The number of halogens is 3. The third kappa shape index (κ3) is 3.91. The number of hydrogen-bond acceptors (Lipinski definition) is 3. The van der Waals surface area contributed by atoms with Crippen molar-refractivity contribution in [3.8, 4) is 0 Å². The van der Waals surface area contributed by atoms with E-state index in [1.165, 1.54) is 5.69 Å². The number of alkyl halides is 1. The number of amides is 1. The van der Waals surface area contributed by atoms with Crippen LogP contribution in [0, 0.1) is 0 Å². The van der Waals surface area contributed by atoms with E-state index < -0.39 is 6.17 Å². The third-order valence-electron chi connectivity index (χ3n) is 4.46. The van der Waals surface area contributed by atoms with Gasteiger partial charge >= 0.3 is 0 Å². The van der Waals surface area contributed by atoms with Gasteiger partial charge in [-0.05, 0) is 18.9 Å². The number of likely N-dealkylation sites (tertiary alicyclic amines) is 1. The maximum Gasteiger partial charge on any atom is 0.239 e. The quantitative estimate of drug-likeness (QED) is 0.880. The molecule has 126 valence electrons. The SMILES string of the molecule is Cl.Cl.Cn1nccc1C1CCN(C(=O)[C@H]2C[C@H](F)CN2)CC1. The lowest BCUT2D eigenvalue weighted by molar-refractivity contribution is -0.134. The Morgan fingerprint density at radius 3 is 2.55 bits per heavy atom. The number of nitrogens with zero attached hydrogens (tertiary/aromatic N) is 3. The highest BCUT2D eigenvalue weighted by Crippen LogP contribution is 2.28. The van der Waals surface area contributed by atoms with Crippen molar-refractivity contribution in [2.24, 2.45) is 7.05 Å². The fourth-order valence-corrected chi connectivity index (χ4v) is 3.28. The summed E-state index contributed by atoms with van der Waals surface area (Å²) in [5, 5.41) is 7.17. The van der Waals surface area contributed by atoms with Gasteiger partial charge in [-0.1, -0.05) is 0 Å². The van der Waals surface area contributed by atoms with Gasteiger partial charge in [0, 0.05) is 50.9 Å². The topological polar surface area (TPSA) is 50.2 Å². The van der Waals surface area contributed by atoms with Crippen molar-refractivity contribution in [1.29, 1.82) is 0 Å². The van der Waals surface area contributed by atoms with Gasteiger partial charge in [-0.25, -0.2) is 4.39 Å². The molecule has 0 spiro atoms. The monoisotopic (exact) mass is 352 g/mol. The number of hydrogen-bond donors (Lipinski definition) is 1. The van der Waals surface area contributed by atoms with E-state index in [9.17, 15) is 9.18 Å². The van der Waals surface area contributed by atoms with Gasteiger partial charge in [0.25, 0.3) is 0 Å². The Kier molecular flexibility index (Phi) is 7.09. The largest absolute Gasteiger partial charge is 0.341 e. The molecule has 1 N–H and O–H groups in total. The molecular formula is C14H23Cl2FN4O. The number of nitrogens with one attached hydrogen (secondary N) is 1. The molecule has 2 atom stereocenters. The summed E-state index contributed by atoms with van der Waals surface area (Å²) in [7, 11) is 1.96. The molecule has 0 radical (unpaired) electrons. The molecule has 3 heterocycles. The first-order valence-corrected chi connectivity index (χ1v) is 7.29. The summed E-state index contributed by atoms with van der Waals surface area (Å²) in [6.07, 6.45) is 3.17. The summed E-state index contributed by atoms with van der Waals surface area (Å²) >= 11 is 0. The highest BCUT2D eigenvalue weighted by Gasteiger charge is 2.34. The summed E-state index contributed by atoms with van der Waals surface area (Å²) in [6, 6.07) is 1.73. The van der Waals surface area contributed by atoms with Gasteiger partial charge in [0.2, 0.25) is 5.91 Å². The average molecular weight is 353 g/mol. The zero-order chi connectivity index (χ0) is 14.1. The number of aromatic nitrogens is 2. The average Bonchev–Trinajstić information content (AvgIpc) is 3.07. The second-order valence-corrected chi connectivity index (χ2v) is 5.77. The predicted molar refractivity (Wildman–Crippen MR) is 87.6 cm³/mol. The molecule has 0 aromatic carbocycles. The van der Waals surface area contributed by atoms with E-state index in [-0.39, 0.29) is 36.8 Å². The van der Waals surface area contributed by atoms with Crippen LogP contribution in [0.4, 0.5) is 4.39 Å². The molecule has 0 saturated carbocycles. The molecular weight excluding hydrogens is 330 g/mol. The normalized spacial score (nSPS) is 25.5. The highest BCUT2D eigenvalue weighted by atomic mass is 35.5. The predicted octanol–water partition coefficient (Wildman–Crippen LogP) is 1.67. The van der Waals surface area contributed by atoms with E-state index in [1.54, 1.807) is 0 Å². The lowest BCUT2D eigenvalue weighted by Gasteiger charge is -2.33. The number of aryl methyl sites for hydroxylation is 1. The second-order valence-electron chi connectivity index (χ2n) is 5.77. The van der Waals surface area contributed by atoms with E-state index in [0.717, 1.165) is 25.9 Å². The summed E-state index contributed by atoms with van der Waals surface area (Å²) in [5.74, 6) is 0.533. The first-order chi connectivity index (χ1) is 9.65. The molecule has 3 rings (SSSR count). The van der Waals surface area contributed by atoms with E-state index in [2.05, 4.69) is 10.4 Å². The zero-order valence-corrected chi connectivity index (χ0v) is 14.2. The Labute approximate surface area is 142 Å². The van der Waals surface area contributed by atoms with Gasteiger partial charge in [-0.3, -0.25) is 9.48 Å². The van der Waals surface area contributed by atoms with Gasteiger partial charge in [0.1, 0.15) is 6.17 Å². The highest BCUT2D eigenvalue weighted by molar-refractivity contribution is 5.85. The maximum absolute atomic E-state index is 13.2. The molecule has 2 aliphatic heterocycles. The Bertz CT molecular complexity index is 491. The van der Waals surface area contributed by atoms with Crippen LogP contribution in [-0.4, -0.2) is 52.4 Å². The second kappa shape index (κ2) is 8.13. The molecule has 2 saturated heterocycles. The van der Waals surface area contributed by atoms with Gasteiger partial charge in [-0.2, -0.15) is 5.10 Å². The first kappa shape index (κ1) is 19.2. The van der Waals surface area contributed by atoms with Crippen LogP contribution in [0.2, 0.25) is 0 Å². The molecule has 8 heteroatoms.